The van der Waals surface area contributed by atoms with E-state index in [0.29, 0.717) is 19.1 Å². The smallest absolute Gasteiger partial charge is 0.215 e. The lowest BCUT2D eigenvalue weighted by Crippen LogP contribution is -2.40. The number of furan rings is 1. The first-order chi connectivity index (χ1) is 13.0. The summed E-state index contributed by atoms with van der Waals surface area (Å²) in [5.74, 6) is 2.10. The summed E-state index contributed by atoms with van der Waals surface area (Å²) in [6.45, 7) is 3.59. The van der Waals surface area contributed by atoms with Crippen LogP contribution in [0.3, 0.4) is 0 Å². The van der Waals surface area contributed by atoms with Gasteiger partial charge in [-0.25, -0.2) is 13.1 Å². The number of methoxy groups -OCH3 is 1. The maximum Gasteiger partial charge on any atom is 0.215 e. The van der Waals surface area contributed by atoms with Gasteiger partial charge in [-0.3, -0.25) is 4.90 Å². The van der Waals surface area contributed by atoms with Gasteiger partial charge < -0.3 is 9.15 Å². The van der Waals surface area contributed by atoms with Crippen molar-refractivity contribution >= 4 is 10.0 Å². The van der Waals surface area contributed by atoms with Crippen molar-refractivity contribution in [2.75, 3.05) is 26.7 Å². The number of piperidine rings is 1. The van der Waals surface area contributed by atoms with E-state index in [1.54, 1.807) is 7.11 Å². The highest BCUT2D eigenvalue weighted by atomic mass is 32.2. The van der Waals surface area contributed by atoms with Crippen molar-refractivity contribution in [3.63, 3.8) is 0 Å². The minimum atomic E-state index is -3.31. The molecule has 0 spiro atoms. The van der Waals surface area contributed by atoms with E-state index in [0.717, 1.165) is 49.6 Å². The lowest BCUT2D eigenvalue weighted by Gasteiger charge is -2.32. The monoisotopic (exact) mass is 392 g/mol. The molecule has 1 N–H and O–H groups in total. The third kappa shape index (κ3) is 6.46. The Morgan fingerprint density at radius 3 is 2.74 bits per heavy atom. The summed E-state index contributed by atoms with van der Waals surface area (Å²) in [6.07, 6.45) is 2.11. The average molecular weight is 393 g/mol. The van der Waals surface area contributed by atoms with E-state index in [2.05, 4.69) is 9.62 Å². The van der Waals surface area contributed by atoms with Crippen LogP contribution in [0.15, 0.2) is 46.9 Å². The summed E-state index contributed by atoms with van der Waals surface area (Å²) in [5.41, 5.74) is 0.806. The molecule has 0 unspecified atom stereocenters. The van der Waals surface area contributed by atoms with Gasteiger partial charge in [-0.05, 0) is 43.0 Å². The number of sulfonamides is 1. The first-order valence-electron chi connectivity index (χ1n) is 9.34. The predicted octanol–water partition coefficient (Wildman–Crippen LogP) is 2.76. The molecule has 1 aromatic carbocycles. The van der Waals surface area contributed by atoms with Gasteiger partial charge in [-0.15, -0.1) is 0 Å². The minimum absolute atomic E-state index is 0.0267. The fourth-order valence-electron chi connectivity index (χ4n) is 3.50. The number of hydrogen-bond acceptors (Lipinski definition) is 5. The summed E-state index contributed by atoms with van der Waals surface area (Å²) in [4.78, 5) is 2.33. The van der Waals surface area contributed by atoms with Crippen LogP contribution in [0, 0.1) is 5.92 Å². The number of hydrogen-bond donors (Lipinski definition) is 1. The van der Waals surface area contributed by atoms with Crippen molar-refractivity contribution in [2.24, 2.45) is 5.92 Å². The first kappa shape index (κ1) is 20.1. The first-order valence-corrected chi connectivity index (χ1v) is 11.0. The Morgan fingerprint density at radius 1 is 1.19 bits per heavy atom. The van der Waals surface area contributed by atoms with Crippen molar-refractivity contribution in [1.82, 2.24) is 9.62 Å². The van der Waals surface area contributed by atoms with Crippen LogP contribution >= 0.6 is 0 Å². The number of likely N-dealkylation sites (tertiary alicyclic amines) is 1. The number of nitrogens with one attached hydrogen (secondary N) is 1. The van der Waals surface area contributed by atoms with E-state index < -0.39 is 10.0 Å². The van der Waals surface area contributed by atoms with Crippen LogP contribution in [-0.2, 0) is 33.7 Å². The molecule has 1 atom stereocenters. The molecule has 0 bridgehead atoms. The fourth-order valence-corrected chi connectivity index (χ4v) is 4.72. The summed E-state index contributed by atoms with van der Waals surface area (Å²) in [7, 11) is -1.67. The van der Waals surface area contributed by atoms with E-state index >= 15 is 0 Å². The van der Waals surface area contributed by atoms with Crippen molar-refractivity contribution in [2.45, 2.75) is 31.7 Å². The van der Waals surface area contributed by atoms with Gasteiger partial charge in [0.2, 0.25) is 10.0 Å². The van der Waals surface area contributed by atoms with Crippen LogP contribution in [0.1, 0.15) is 29.9 Å². The zero-order valence-corrected chi connectivity index (χ0v) is 16.6. The molecule has 1 saturated heterocycles. The highest BCUT2D eigenvalue weighted by Crippen LogP contribution is 2.20. The maximum absolute atomic E-state index is 12.3. The van der Waals surface area contributed by atoms with Gasteiger partial charge in [0.25, 0.3) is 0 Å². The van der Waals surface area contributed by atoms with Gasteiger partial charge >= 0.3 is 0 Å². The summed E-state index contributed by atoms with van der Waals surface area (Å²) in [5, 5.41) is 0. The lowest BCUT2D eigenvalue weighted by atomic mass is 9.98. The van der Waals surface area contributed by atoms with E-state index in [1.165, 1.54) is 0 Å². The molecule has 1 aliphatic rings. The lowest BCUT2D eigenvalue weighted by molar-refractivity contribution is 0.144. The molecule has 1 fully saturated rings. The third-order valence-electron chi connectivity index (χ3n) is 4.78. The third-order valence-corrected chi connectivity index (χ3v) is 6.10. The standard InChI is InChI=1S/C20H28N2O4S/c1-25-15-20-10-9-19(26-20)14-22-11-5-8-18(13-22)12-21-27(23,24)16-17-6-3-2-4-7-17/h2-4,6-7,9-10,18,21H,5,8,11-16H2,1H3/t18-/m0/s1. The van der Waals surface area contributed by atoms with Crippen molar-refractivity contribution in [1.29, 1.82) is 0 Å². The van der Waals surface area contributed by atoms with Crippen LogP contribution in [0.25, 0.3) is 0 Å². The van der Waals surface area contributed by atoms with Gasteiger partial charge in [-0.1, -0.05) is 30.3 Å². The highest BCUT2D eigenvalue weighted by molar-refractivity contribution is 7.88. The molecule has 6 nitrogen and oxygen atoms in total. The number of ether oxygens (including phenoxy) is 1. The van der Waals surface area contributed by atoms with E-state index in [9.17, 15) is 8.42 Å². The quantitative estimate of drug-likeness (QED) is 0.710. The van der Waals surface area contributed by atoms with Crippen LogP contribution < -0.4 is 4.72 Å². The molecule has 7 heteroatoms. The molecule has 0 amide bonds. The molecule has 3 rings (SSSR count). The second kappa shape index (κ2) is 9.50. The van der Waals surface area contributed by atoms with E-state index in [4.69, 9.17) is 9.15 Å². The van der Waals surface area contributed by atoms with E-state index in [1.807, 2.05) is 42.5 Å². The van der Waals surface area contributed by atoms with Gasteiger partial charge in [0.05, 0.1) is 12.3 Å². The summed E-state index contributed by atoms with van der Waals surface area (Å²) >= 11 is 0. The normalized spacial score (nSPS) is 18.6. The van der Waals surface area contributed by atoms with Crippen molar-refractivity contribution in [3.8, 4) is 0 Å². The molecule has 0 aliphatic carbocycles. The predicted molar refractivity (Wildman–Crippen MR) is 104 cm³/mol. The van der Waals surface area contributed by atoms with Gasteiger partial charge in [0, 0.05) is 20.2 Å². The molecular formula is C20H28N2O4S. The zero-order valence-electron chi connectivity index (χ0n) is 15.8. The molecule has 2 heterocycles. The van der Waals surface area contributed by atoms with Crippen molar-refractivity contribution in [3.05, 3.63) is 59.5 Å². The minimum Gasteiger partial charge on any atom is -0.462 e. The molecule has 1 aliphatic heterocycles. The molecule has 0 radical (unpaired) electrons. The molecular weight excluding hydrogens is 364 g/mol. The Morgan fingerprint density at radius 2 is 1.96 bits per heavy atom. The topological polar surface area (TPSA) is 71.8 Å². The SMILES string of the molecule is COCc1ccc(CN2CCC[C@@H](CNS(=O)(=O)Cc3ccccc3)C2)o1. The zero-order chi connectivity index (χ0) is 19.1. The average Bonchev–Trinajstić information content (AvgIpc) is 3.08. The second-order valence-corrected chi connectivity index (χ2v) is 8.94. The number of benzene rings is 1. The molecule has 0 saturated carbocycles. The van der Waals surface area contributed by atoms with Gasteiger partial charge in [-0.2, -0.15) is 0 Å². The summed E-state index contributed by atoms with van der Waals surface area (Å²) in [6, 6.07) is 13.2. The Hall–Kier alpha value is -1.67. The Kier molecular flexibility index (Phi) is 7.07. The highest BCUT2D eigenvalue weighted by Gasteiger charge is 2.22. The molecule has 2 aromatic rings. The number of rotatable bonds is 9. The Labute approximate surface area is 161 Å². The Bertz CT molecular complexity index is 804. The fraction of sp³-hybridized carbons (Fsp3) is 0.500. The molecule has 148 valence electrons. The van der Waals surface area contributed by atoms with Gasteiger partial charge in [0.15, 0.2) is 0 Å². The summed E-state index contributed by atoms with van der Waals surface area (Å²) < 4.78 is 38.3. The van der Waals surface area contributed by atoms with Crippen LogP contribution in [0.4, 0.5) is 0 Å². The van der Waals surface area contributed by atoms with Gasteiger partial charge in [0.1, 0.15) is 18.1 Å². The number of nitrogens with zero attached hydrogens (tertiary/aromatic N) is 1. The maximum atomic E-state index is 12.3. The molecule has 27 heavy (non-hydrogen) atoms. The largest absolute Gasteiger partial charge is 0.462 e. The van der Waals surface area contributed by atoms with Crippen LogP contribution in [-0.4, -0.2) is 40.1 Å². The second-order valence-electron chi connectivity index (χ2n) is 7.14. The van der Waals surface area contributed by atoms with Crippen LogP contribution in [0.5, 0.6) is 0 Å². The van der Waals surface area contributed by atoms with E-state index in [-0.39, 0.29) is 5.75 Å². The molecule has 1 aromatic heterocycles. The van der Waals surface area contributed by atoms with Crippen molar-refractivity contribution < 1.29 is 17.6 Å². The Balaban J connectivity index is 1.47. The van der Waals surface area contributed by atoms with Crippen LogP contribution in [0.2, 0.25) is 0 Å².